The van der Waals surface area contributed by atoms with E-state index in [0.717, 1.165) is 24.4 Å². The Morgan fingerprint density at radius 1 is 1.43 bits per heavy atom. The lowest BCUT2D eigenvalue weighted by molar-refractivity contribution is 0.302. The molecule has 0 radical (unpaired) electrons. The van der Waals surface area contributed by atoms with Crippen LogP contribution in [-0.2, 0) is 0 Å². The fraction of sp³-hybridized carbons (Fsp3) is 0.471. The van der Waals surface area contributed by atoms with Crippen molar-refractivity contribution in [3.8, 4) is 5.75 Å². The fourth-order valence-electron chi connectivity index (χ4n) is 2.38. The van der Waals surface area contributed by atoms with Crippen LogP contribution in [-0.4, -0.2) is 17.6 Å². The van der Waals surface area contributed by atoms with Crippen molar-refractivity contribution in [3.63, 3.8) is 0 Å². The van der Waals surface area contributed by atoms with Gasteiger partial charge in [0.25, 0.3) is 0 Å². The highest BCUT2D eigenvalue weighted by Crippen LogP contribution is 2.32. The highest BCUT2D eigenvalue weighted by atomic mass is 32.1. The van der Waals surface area contributed by atoms with Gasteiger partial charge < -0.3 is 10.1 Å². The first-order valence-corrected chi connectivity index (χ1v) is 8.56. The third-order valence-corrected chi connectivity index (χ3v) is 4.66. The van der Waals surface area contributed by atoms with Crippen molar-refractivity contribution in [1.82, 2.24) is 10.3 Å². The van der Waals surface area contributed by atoms with E-state index in [1.165, 1.54) is 23.3 Å². The molecule has 0 spiro atoms. The van der Waals surface area contributed by atoms with E-state index in [1.807, 2.05) is 5.51 Å². The number of thiazole rings is 1. The third-order valence-electron chi connectivity index (χ3n) is 3.66. The largest absolute Gasteiger partial charge is 0.490 e. The molecule has 1 aliphatic carbocycles. The van der Waals surface area contributed by atoms with E-state index in [2.05, 4.69) is 48.4 Å². The Hall–Kier alpha value is -1.39. The third kappa shape index (κ3) is 3.63. The number of nitrogens with zero attached hydrogens (tertiary/aromatic N) is 1. The van der Waals surface area contributed by atoms with Crippen molar-refractivity contribution in [1.29, 1.82) is 0 Å². The van der Waals surface area contributed by atoms with Crippen LogP contribution in [0.1, 0.15) is 48.4 Å². The fourth-order valence-corrected chi connectivity index (χ4v) is 3.29. The molecule has 0 aliphatic heterocycles. The normalized spacial score (nSPS) is 15.9. The standard InChI is InChI=1S/C17H22N2OS/c1-3-9-18-16(17-12(2)19-11-21-17)13-5-4-6-15(10-13)20-14-7-8-14/h4-6,10-11,14,16,18H,3,7-9H2,1-2H3. The minimum atomic E-state index is 0.209. The summed E-state index contributed by atoms with van der Waals surface area (Å²) in [4.78, 5) is 5.70. The molecule has 1 aromatic heterocycles. The molecule has 2 aromatic rings. The molecular weight excluding hydrogens is 280 g/mol. The molecule has 1 fully saturated rings. The van der Waals surface area contributed by atoms with E-state index in [9.17, 15) is 0 Å². The number of hydrogen-bond donors (Lipinski definition) is 1. The van der Waals surface area contributed by atoms with Crippen molar-refractivity contribution < 1.29 is 4.74 Å². The first-order chi connectivity index (χ1) is 10.3. The Morgan fingerprint density at radius 2 is 2.29 bits per heavy atom. The number of rotatable bonds is 7. The van der Waals surface area contributed by atoms with Gasteiger partial charge in [-0.05, 0) is 50.4 Å². The van der Waals surface area contributed by atoms with Gasteiger partial charge in [0.05, 0.1) is 23.4 Å². The molecule has 1 aromatic carbocycles. The van der Waals surface area contributed by atoms with Crippen molar-refractivity contribution in [2.45, 2.75) is 45.3 Å². The maximum Gasteiger partial charge on any atom is 0.120 e. The second-order valence-corrected chi connectivity index (χ2v) is 6.47. The van der Waals surface area contributed by atoms with Crippen LogP contribution in [0.2, 0.25) is 0 Å². The molecule has 4 heteroatoms. The summed E-state index contributed by atoms with van der Waals surface area (Å²) in [6.45, 7) is 5.27. The average molecular weight is 302 g/mol. The molecule has 112 valence electrons. The molecule has 1 aliphatic rings. The van der Waals surface area contributed by atoms with Crippen LogP contribution in [0.5, 0.6) is 5.75 Å². The molecule has 1 N–H and O–H groups in total. The minimum Gasteiger partial charge on any atom is -0.490 e. The molecule has 0 amide bonds. The maximum atomic E-state index is 5.93. The second kappa shape index (κ2) is 6.58. The number of ether oxygens (including phenoxy) is 1. The first-order valence-electron chi connectivity index (χ1n) is 7.68. The number of aryl methyl sites for hydroxylation is 1. The molecular formula is C17H22N2OS. The Morgan fingerprint density at radius 3 is 2.95 bits per heavy atom. The summed E-state index contributed by atoms with van der Waals surface area (Å²) >= 11 is 1.72. The zero-order valence-electron chi connectivity index (χ0n) is 12.6. The SMILES string of the molecule is CCCNC(c1cccc(OC2CC2)c1)c1scnc1C. The molecule has 3 rings (SSSR count). The van der Waals surface area contributed by atoms with Crippen LogP contribution < -0.4 is 10.1 Å². The van der Waals surface area contributed by atoms with Gasteiger partial charge in [-0.15, -0.1) is 11.3 Å². The Balaban J connectivity index is 1.86. The summed E-state index contributed by atoms with van der Waals surface area (Å²) in [7, 11) is 0. The van der Waals surface area contributed by atoms with Crippen molar-refractivity contribution >= 4 is 11.3 Å². The Kier molecular flexibility index (Phi) is 4.56. The van der Waals surface area contributed by atoms with E-state index < -0.39 is 0 Å². The predicted molar refractivity (Wildman–Crippen MR) is 87.1 cm³/mol. The molecule has 0 saturated heterocycles. The molecule has 21 heavy (non-hydrogen) atoms. The highest BCUT2D eigenvalue weighted by Gasteiger charge is 2.24. The smallest absolute Gasteiger partial charge is 0.120 e. The lowest BCUT2D eigenvalue weighted by Crippen LogP contribution is -2.23. The van der Waals surface area contributed by atoms with Crippen LogP contribution in [0.15, 0.2) is 29.8 Å². The number of benzene rings is 1. The second-order valence-electron chi connectivity index (χ2n) is 5.58. The summed E-state index contributed by atoms with van der Waals surface area (Å²) in [6.07, 6.45) is 3.94. The van der Waals surface area contributed by atoms with Crippen molar-refractivity contribution in [2.24, 2.45) is 0 Å². The minimum absolute atomic E-state index is 0.209. The molecule has 3 nitrogen and oxygen atoms in total. The van der Waals surface area contributed by atoms with Gasteiger partial charge in [0.2, 0.25) is 0 Å². The Bertz CT molecular complexity index is 592. The zero-order valence-corrected chi connectivity index (χ0v) is 13.5. The van der Waals surface area contributed by atoms with E-state index in [-0.39, 0.29) is 6.04 Å². The van der Waals surface area contributed by atoms with Gasteiger partial charge in [0.15, 0.2) is 0 Å². The van der Waals surface area contributed by atoms with Crippen LogP contribution in [0.25, 0.3) is 0 Å². The first kappa shape index (κ1) is 14.5. The monoisotopic (exact) mass is 302 g/mol. The van der Waals surface area contributed by atoms with Crippen molar-refractivity contribution in [2.75, 3.05) is 6.54 Å². The number of aromatic nitrogens is 1. The van der Waals surface area contributed by atoms with E-state index in [0.29, 0.717) is 6.10 Å². The van der Waals surface area contributed by atoms with Gasteiger partial charge in [-0.25, -0.2) is 4.98 Å². The lowest BCUT2D eigenvalue weighted by Gasteiger charge is -2.19. The summed E-state index contributed by atoms with van der Waals surface area (Å²) in [6, 6.07) is 8.69. The average Bonchev–Trinajstić information content (AvgIpc) is 3.20. The maximum absolute atomic E-state index is 5.93. The van der Waals surface area contributed by atoms with Gasteiger partial charge in [-0.3, -0.25) is 0 Å². The summed E-state index contributed by atoms with van der Waals surface area (Å²) in [5.41, 5.74) is 4.30. The van der Waals surface area contributed by atoms with Crippen LogP contribution in [0, 0.1) is 6.92 Å². The molecule has 1 heterocycles. The quantitative estimate of drug-likeness (QED) is 0.836. The summed E-state index contributed by atoms with van der Waals surface area (Å²) in [5, 5.41) is 3.64. The molecule has 1 unspecified atom stereocenters. The lowest BCUT2D eigenvalue weighted by atomic mass is 10.0. The van der Waals surface area contributed by atoms with E-state index >= 15 is 0 Å². The summed E-state index contributed by atoms with van der Waals surface area (Å²) < 4.78 is 5.93. The molecule has 1 saturated carbocycles. The van der Waals surface area contributed by atoms with E-state index in [1.54, 1.807) is 11.3 Å². The Labute approximate surface area is 130 Å². The van der Waals surface area contributed by atoms with Crippen LogP contribution >= 0.6 is 11.3 Å². The number of hydrogen-bond acceptors (Lipinski definition) is 4. The summed E-state index contributed by atoms with van der Waals surface area (Å²) in [5.74, 6) is 0.987. The van der Waals surface area contributed by atoms with Crippen molar-refractivity contribution in [3.05, 3.63) is 45.9 Å². The van der Waals surface area contributed by atoms with Gasteiger partial charge in [0.1, 0.15) is 5.75 Å². The molecule has 0 bridgehead atoms. The number of nitrogens with one attached hydrogen (secondary N) is 1. The highest BCUT2D eigenvalue weighted by molar-refractivity contribution is 7.09. The van der Waals surface area contributed by atoms with Gasteiger partial charge >= 0.3 is 0 Å². The van der Waals surface area contributed by atoms with Gasteiger partial charge in [0, 0.05) is 4.88 Å². The zero-order chi connectivity index (χ0) is 14.7. The van der Waals surface area contributed by atoms with Crippen LogP contribution in [0.3, 0.4) is 0 Å². The van der Waals surface area contributed by atoms with Gasteiger partial charge in [-0.1, -0.05) is 19.1 Å². The van der Waals surface area contributed by atoms with Crippen LogP contribution in [0.4, 0.5) is 0 Å². The molecule has 1 atom stereocenters. The van der Waals surface area contributed by atoms with E-state index in [4.69, 9.17) is 4.74 Å². The topological polar surface area (TPSA) is 34.1 Å². The van der Waals surface area contributed by atoms with Gasteiger partial charge in [-0.2, -0.15) is 0 Å². The predicted octanol–water partition coefficient (Wildman–Crippen LogP) is 4.08.